The number of nitrogen functional groups attached to an aromatic ring is 1. The van der Waals surface area contributed by atoms with Crippen molar-refractivity contribution in [1.29, 1.82) is 5.41 Å². The van der Waals surface area contributed by atoms with E-state index in [9.17, 15) is 13.2 Å². The van der Waals surface area contributed by atoms with Crippen LogP contribution in [0.4, 0.5) is 13.2 Å². The van der Waals surface area contributed by atoms with Crippen molar-refractivity contribution in [2.24, 2.45) is 5.73 Å². The largest absolute Gasteiger partial charge is 0.454 e. The number of aromatic nitrogens is 1. The molecule has 0 aliphatic carbocycles. The summed E-state index contributed by atoms with van der Waals surface area (Å²) in [6.45, 7) is 0. The molecule has 0 unspecified atom stereocenters. The molecule has 0 atom stereocenters. The predicted molar refractivity (Wildman–Crippen MR) is 66.8 cm³/mol. The molecule has 7 heteroatoms. The van der Waals surface area contributed by atoms with E-state index in [0.29, 0.717) is 0 Å². The Balaban J connectivity index is 2.44. The standard InChI is InChI=1S/C13H10F3N3O/c14-13(15,16)8-4-1-2-5-9(8)20-10-6-3-7-19-11(10)12(17)18/h1-7H,(H3,17,18). The smallest absolute Gasteiger partial charge is 0.419 e. The molecule has 20 heavy (non-hydrogen) atoms. The minimum atomic E-state index is -4.53. The van der Waals surface area contributed by atoms with E-state index in [2.05, 4.69) is 4.98 Å². The van der Waals surface area contributed by atoms with Crippen molar-refractivity contribution in [2.45, 2.75) is 6.18 Å². The topological polar surface area (TPSA) is 72.0 Å². The fourth-order valence-corrected chi connectivity index (χ4v) is 1.58. The van der Waals surface area contributed by atoms with Gasteiger partial charge >= 0.3 is 6.18 Å². The van der Waals surface area contributed by atoms with Gasteiger partial charge in [0, 0.05) is 6.20 Å². The first-order valence-corrected chi connectivity index (χ1v) is 5.53. The zero-order valence-electron chi connectivity index (χ0n) is 10.1. The molecule has 1 aromatic carbocycles. The molecule has 0 aliphatic rings. The highest BCUT2D eigenvalue weighted by Gasteiger charge is 2.34. The lowest BCUT2D eigenvalue weighted by Crippen LogP contribution is -2.14. The van der Waals surface area contributed by atoms with Gasteiger partial charge < -0.3 is 10.5 Å². The first-order chi connectivity index (χ1) is 9.39. The molecule has 2 rings (SSSR count). The molecule has 0 saturated carbocycles. The fraction of sp³-hybridized carbons (Fsp3) is 0.0769. The maximum atomic E-state index is 12.8. The van der Waals surface area contributed by atoms with E-state index in [-0.39, 0.29) is 23.0 Å². The number of amidine groups is 1. The molecule has 104 valence electrons. The van der Waals surface area contributed by atoms with Crippen LogP contribution in [0.3, 0.4) is 0 Å². The number of pyridine rings is 1. The van der Waals surface area contributed by atoms with Crippen molar-refractivity contribution in [2.75, 3.05) is 0 Å². The van der Waals surface area contributed by atoms with Gasteiger partial charge in [0.15, 0.2) is 5.75 Å². The van der Waals surface area contributed by atoms with Gasteiger partial charge in [-0.25, -0.2) is 4.98 Å². The number of ether oxygens (including phenoxy) is 1. The van der Waals surface area contributed by atoms with Crippen molar-refractivity contribution >= 4 is 5.84 Å². The van der Waals surface area contributed by atoms with E-state index >= 15 is 0 Å². The average Bonchev–Trinajstić information content (AvgIpc) is 2.38. The molecule has 0 aliphatic heterocycles. The molecule has 1 heterocycles. The van der Waals surface area contributed by atoms with Gasteiger partial charge in [0.1, 0.15) is 17.3 Å². The second kappa shape index (κ2) is 5.20. The molecule has 4 nitrogen and oxygen atoms in total. The van der Waals surface area contributed by atoms with Gasteiger partial charge in [-0.3, -0.25) is 5.41 Å². The molecule has 1 aromatic heterocycles. The summed E-state index contributed by atoms with van der Waals surface area (Å²) in [5, 5.41) is 7.33. The highest BCUT2D eigenvalue weighted by atomic mass is 19.4. The molecule has 0 saturated heterocycles. The third-order valence-corrected chi connectivity index (χ3v) is 2.44. The summed E-state index contributed by atoms with van der Waals surface area (Å²) in [6, 6.07) is 7.69. The predicted octanol–water partition coefficient (Wildman–Crippen LogP) is 3.18. The van der Waals surface area contributed by atoms with Crippen molar-refractivity contribution in [3.05, 3.63) is 53.9 Å². The molecule has 3 N–H and O–H groups in total. The lowest BCUT2D eigenvalue weighted by atomic mass is 10.2. The van der Waals surface area contributed by atoms with E-state index in [0.717, 1.165) is 6.07 Å². The van der Waals surface area contributed by atoms with Gasteiger partial charge in [-0.1, -0.05) is 12.1 Å². The number of hydrogen-bond donors (Lipinski definition) is 2. The van der Waals surface area contributed by atoms with Crippen molar-refractivity contribution in [3.63, 3.8) is 0 Å². The van der Waals surface area contributed by atoms with Crippen LogP contribution < -0.4 is 10.5 Å². The van der Waals surface area contributed by atoms with Crippen LogP contribution in [0.2, 0.25) is 0 Å². The van der Waals surface area contributed by atoms with Crippen molar-refractivity contribution in [1.82, 2.24) is 4.98 Å². The zero-order valence-corrected chi connectivity index (χ0v) is 10.1. The van der Waals surface area contributed by atoms with Crippen LogP contribution in [0.1, 0.15) is 11.3 Å². The highest BCUT2D eigenvalue weighted by Crippen LogP contribution is 2.38. The summed E-state index contributed by atoms with van der Waals surface area (Å²) in [5.74, 6) is -0.753. The molecular weight excluding hydrogens is 271 g/mol. The number of rotatable bonds is 3. The van der Waals surface area contributed by atoms with Crippen LogP contribution in [0, 0.1) is 5.41 Å². The Morgan fingerprint density at radius 3 is 2.40 bits per heavy atom. The number of alkyl halides is 3. The van der Waals surface area contributed by atoms with Gasteiger partial charge in [-0.2, -0.15) is 13.2 Å². The zero-order chi connectivity index (χ0) is 14.8. The number of para-hydroxylation sites is 1. The number of halogens is 3. The Labute approximate surface area is 112 Å². The lowest BCUT2D eigenvalue weighted by Gasteiger charge is -2.14. The Bertz CT molecular complexity index is 641. The monoisotopic (exact) mass is 281 g/mol. The third-order valence-electron chi connectivity index (χ3n) is 2.44. The van der Waals surface area contributed by atoms with Gasteiger partial charge in [0.05, 0.1) is 5.56 Å². The van der Waals surface area contributed by atoms with Gasteiger partial charge in [-0.05, 0) is 24.3 Å². The normalized spacial score (nSPS) is 11.2. The summed E-state index contributed by atoms with van der Waals surface area (Å²) in [5.41, 5.74) is 4.40. The van der Waals surface area contributed by atoms with E-state index in [1.54, 1.807) is 0 Å². The molecule has 0 fully saturated rings. The number of hydrogen-bond acceptors (Lipinski definition) is 3. The number of benzene rings is 1. The van der Waals surface area contributed by atoms with Gasteiger partial charge in [0.25, 0.3) is 0 Å². The second-order valence-corrected chi connectivity index (χ2v) is 3.86. The first kappa shape index (κ1) is 13.9. The van der Waals surface area contributed by atoms with Crippen LogP contribution >= 0.6 is 0 Å². The molecular formula is C13H10F3N3O. The van der Waals surface area contributed by atoms with E-state index in [1.807, 2.05) is 0 Å². The molecule has 0 spiro atoms. The summed E-state index contributed by atoms with van der Waals surface area (Å²) in [6.07, 6.45) is -3.16. The molecule has 0 radical (unpaired) electrons. The second-order valence-electron chi connectivity index (χ2n) is 3.86. The first-order valence-electron chi connectivity index (χ1n) is 5.53. The van der Waals surface area contributed by atoms with Crippen molar-refractivity contribution in [3.8, 4) is 11.5 Å². The Kier molecular flexibility index (Phi) is 3.60. The SMILES string of the molecule is N=C(N)c1ncccc1Oc1ccccc1C(F)(F)F. The van der Waals surface area contributed by atoms with Crippen LogP contribution in [0.25, 0.3) is 0 Å². The van der Waals surface area contributed by atoms with Crippen LogP contribution in [0.15, 0.2) is 42.6 Å². The van der Waals surface area contributed by atoms with E-state index in [1.165, 1.54) is 36.5 Å². The maximum absolute atomic E-state index is 12.8. The quantitative estimate of drug-likeness (QED) is 0.670. The summed E-state index contributed by atoms with van der Waals surface area (Å²) in [4.78, 5) is 3.81. The Morgan fingerprint density at radius 2 is 1.75 bits per heavy atom. The van der Waals surface area contributed by atoms with Crippen molar-refractivity contribution < 1.29 is 17.9 Å². The summed E-state index contributed by atoms with van der Waals surface area (Å²) in [7, 11) is 0. The number of nitrogens with one attached hydrogen (secondary N) is 1. The maximum Gasteiger partial charge on any atom is 0.419 e. The minimum Gasteiger partial charge on any atom is -0.454 e. The van der Waals surface area contributed by atoms with Crippen LogP contribution in [-0.4, -0.2) is 10.8 Å². The Morgan fingerprint density at radius 1 is 1.10 bits per heavy atom. The number of nitrogens with two attached hydrogens (primary N) is 1. The van der Waals surface area contributed by atoms with E-state index in [4.69, 9.17) is 15.9 Å². The van der Waals surface area contributed by atoms with Crippen LogP contribution in [-0.2, 0) is 6.18 Å². The number of nitrogens with zero attached hydrogens (tertiary/aromatic N) is 1. The third kappa shape index (κ3) is 2.87. The van der Waals surface area contributed by atoms with E-state index < -0.39 is 11.7 Å². The Hall–Kier alpha value is -2.57. The molecule has 0 amide bonds. The highest BCUT2D eigenvalue weighted by molar-refractivity contribution is 5.95. The van der Waals surface area contributed by atoms with Gasteiger partial charge in [0.2, 0.25) is 0 Å². The summed E-state index contributed by atoms with van der Waals surface area (Å²) < 4.78 is 43.8. The summed E-state index contributed by atoms with van der Waals surface area (Å²) >= 11 is 0. The van der Waals surface area contributed by atoms with Crippen LogP contribution in [0.5, 0.6) is 11.5 Å². The van der Waals surface area contributed by atoms with Gasteiger partial charge in [-0.15, -0.1) is 0 Å². The average molecular weight is 281 g/mol. The molecule has 2 aromatic rings. The lowest BCUT2D eigenvalue weighted by molar-refractivity contribution is -0.138. The minimum absolute atomic E-state index is 0.00306. The fourth-order valence-electron chi connectivity index (χ4n) is 1.58. The molecule has 0 bridgehead atoms.